The maximum atomic E-state index is 9.61. The Balaban J connectivity index is 1.73. The van der Waals surface area contributed by atoms with Crippen molar-refractivity contribution < 1.29 is 19.7 Å². The van der Waals surface area contributed by atoms with Crippen LogP contribution in [0.4, 0.5) is 0 Å². The lowest BCUT2D eigenvalue weighted by molar-refractivity contribution is -0.0306. The van der Waals surface area contributed by atoms with E-state index in [0.717, 1.165) is 13.0 Å². The number of hydrogen-bond donors (Lipinski definition) is 2. The summed E-state index contributed by atoms with van der Waals surface area (Å²) in [5, 5.41) is 19.0. The quantitative estimate of drug-likeness (QED) is 0.448. The maximum absolute atomic E-state index is 9.61. The van der Waals surface area contributed by atoms with Gasteiger partial charge in [-0.25, -0.2) is 0 Å². The lowest BCUT2D eigenvalue weighted by Gasteiger charge is -2.14. The second kappa shape index (κ2) is 14.2. The first kappa shape index (κ1) is 20.9. The summed E-state index contributed by atoms with van der Waals surface area (Å²) in [5.41, 5.74) is 0. The highest BCUT2D eigenvalue weighted by atomic mass is 16.6. The Bertz CT molecular complexity index is 260. The van der Waals surface area contributed by atoms with Gasteiger partial charge >= 0.3 is 0 Å². The summed E-state index contributed by atoms with van der Waals surface area (Å²) in [7, 11) is 0. The molecule has 23 heavy (non-hydrogen) atoms. The zero-order valence-corrected chi connectivity index (χ0v) is 15.0. The predicted octanol–water partition coefficient (Wildman–Crippen LogP) is 3.82. The van der Waals surface area contributed by atoms with Gasteiger partial charge in [-0.15, -0.1) is 0 Å². The van der Waals surface area contributed by atoms with E-state index in [4.69, 9.17) is 9.47 Å². The van der Waals surface area contributed by atoms with Crippen molar-refractivity contribution in [2.45, 2.75) is 102 Å². The Labute approximate surface area is 142 Å². The third-order valence-corrected chi connectivity index (χ3v) is 4.68. The van der Waals surface area contributed by atoms with Crippen LogP contribution in [0, 0.1) is 0 Å². The molecule has 3 atom stereocenters. The van der Waals surface area contributed by atoms with Crippen molar-refractivity contribution in [2.75, 3.05) is 19.8 Å². The molecule has 0 aromatic heterocycles. The van der Waals surface area contributed by atoms with Crippen molar-refractivity contribution in [3.63, 3.8) is 0 Å². The molecule has 1 saturated heterocycles. The van der Waals surface area contributed by atoms with Gasteiger partial charge < -0.3 is 19.7 Å². The Kier molecular flexibility index (Phi) is 12.9. The van der Waals surface area contributed by atoms with Crippen LogP contribution >= 0.6 is 0 Å². The zero-order valence-electron chi connectivity index (χ0n) is 15.0. The zero-order chi connectivity index (χ0) is 16.8. The highest BCUT2D eigenvalue weighted by Crippen LogP contribution is 2.15. The Hall–Kier alpha value is -0.160. The molecule has 0 aromatic rings. The molecule has 0 amide bonds. The lowest BCUT2D eigenvalue weighted by atomic mass is 10.1. The van der Waals surface area contributed by atoms with Gasteiger partial charge in [-0.3, -0.25) is 0 Å². The molecule has 2 N–H and O–H groups in total. The van der Waals surface area contributed by atoms with Crippen molar-refractivity contribution in [3.05, 3.63) is 0 Å². The second-order valence-corrected chi connectivity index (χ2v) is 6.89. The van der Waals surface area contributed by atoms with Gasteiger partial charge in [-0.05, 0) is 6.42 Å². The van der Waals surface area contributed by atoms with E-state index in [1.165, 1.54) is 70.6 Å². The second-order valence-electron chi connectivity index (χ2n) is 6.89. The van der Waals surface area contributed by atoms with E-state index in [0.29, 0.717) is 6.61 Å². The molecule has 0 saturated carbocycles. The fourth-order valence-corrected chi connectivity index (χ4v) is 3.06. The van der Waals surface area contributed by atoms with Crippen LogP contribution < -0.4 is 0 Å². The van der Waals surface area contributed by atoms with Crippen LogP contribution in [0.25, 0.3) is 0 Å². The number of unbranched alkanes of at least 4 members (excludes halogenated alkanes) is 11. The number of aliphatic hydroxyl groups excluding tert-OH is 2. The molecule has 0 radical (unpaired) electrons. The average molecular weight is 331 g/mol. The van der Waals surface area contributed by atoms with Gasteiger partial charge in [-0.1, -0.05) is 77.6 Å². The minimum atomic E-state index is -0.794. The van der Waals surface area contributed by atoms with Gasteiger partial charge in [0.05, 0.1) is 13.2 Å². The predicted molar refractivity (Wildman–Crippen MR) is 93.7 cm³/mol. The summed E-state index contributed by atoms with van der Waals surface area (Å²) in [6.45, 7) is 3.59. The van der Waals surface area contributed by atoms with Crippen LogP contribution in [0.3, 0.4) is 0 Å². The summed E-state index contributed by atoms with van der Waals surface area (Å²) in [5.74, 6) is 0. The highest BCUT2D eigenvalue weighted by Gasteiger charge is 2.34. The molecule has 0 aromatic carbocycles. The number of rotatable bonds is 15. The Morgan fingerprint density at radius 2 is 1.35 bits per heavy atom. The number of hydrogen-bond acceptors (Lipinski definition) is 4. The van der Waals surface area contributed by atoms with E-state index in [9.17, 15) is 10.2 Å². The third-order valence-electron chi connectivity index (χ3n) is 4.68. The van der Waals surface area contributed by atoms with E-state index in [-0.39, 0.29) is 12.7 Å². The monoisotopic (exact) mass is 330 g/mol. The molecule has 1 heterocycles. The minimum Gasteiger partial charge on any atom is -0.388 e. The molecule has 1 rings (SSSR count). The molecule has 1 aliphatic heterocycles. The van der Waals surface area contributed by atoms with Crippen LogP contribution in [0.15, 0.2) is 0 Å². The first-order valence-corrected chi connectivity index (χ1v) is 9.81. The third kappa shape index (κ3) is 10.3. The highest BCUT2D eigenvalue weighted by molar-refractivity contribution is 4.82. The van der Waals surface area contributed by atoms with E-state index < -0.39 is 12.2 Å². The number of aliphatic hydroxyl groups is 2. The molecule has 0 aliphatic carbocycles. The minimum absolute atomic E-state index is 0.216. The smallest absolute Gasteiger partial charge is 0.110 e. The van der Waals surface area contributed by atoms with Crippen LogP contribution in [-0.4, -0.2) is 48.3 Å². The summed E-state index contributed by atoms with van der Waals surface area (Å²) >= 11 is 0. The molecule has 0 bridgehead atoms. The van der Waals surface area contributed by atoms with Crippen molar-refractivity contribution >= 4 is 0 Å². The molecule has 4 heteroatoms. The van der Waals surface area contributed by atoms with Gasteiger partial charge in [0.25, 0.3) is 0 Å². The van der Waals surface area contributed by atoms with Crippen LogP contribution in [-0.2, 0) is 9.47 Å². The van der Waals surface area contributed by atoms with Crippen LogP contribution in [0.5, 0.6) is 0 Å². The van der Waals surface area contributed by atoms with E-state index in [1.807, 2.05) is 0 Å². The summed E-state index contributed by atoms with van der Waals surface area (Å²) < 4.78 is 10.8. The topological polar surface area (TPSA) is 58.9 Å². The molecule has 1 aliphatic rings. The summed E-state index contributed by atoms with van der Waals surface area (Å²) in [6.07, 6.45) is 14.2. The first-order chi connectivity index (χ1) is 11.3. The summed E-state index contributed by atoms with van der Waals surface area (Å²) in [4.78, 5) is 0. The molecular weight excluding hydrogens is 292 g/mol. The van der Waals surface area contributed by atoms with Crippen molar-refractivity contribution in [2.24, 2.45) is 0 Å². The molecular formula is C19H38O4. The van der Waals surface area contributed by atoms with E-state index in [1.54, 1.807) is 0 Å². The maximum Gasteiger partial charge on any atom is 0.110 e. The molecule has 138 valence electrons. The van der Waals surface area contributed by atoms with Crippen LogP contribution in [0.1, 0.15) is 84.0 Å². The first-order valence-electron chi connectivity index (χ1n) is 9.81. The lowest BCUT2D eigenvalue weighted by Crippen LogP contribution is -2.33. The van der Waals surface area contributed by atoms with Gasteiger partial charge in [0, 0.05) is 6.61 Å². The van der Waals surface area contributed by atoms with Gasteiger partial charge in [0.15, 0.2) is 0 Å². The van der Waals surface area contributed by atoms with Crippen molar-refractivity contribution in [1.82, 2.24) is 0 Å². The molecule has 0 spiro atoms. The standard InChI is InChI=1S/C19H38O4/c1-2-3-4-5-6-7-8-9-10-11-12-13-14-22-16-18-19(21)17(20)15-23-18/h17-21H,2-16H2,1H3. The average Bonchev–Trinajstić information content (AvgIpc) is 2.87. The summed E-state index contributed by atoms with van der Waals surface area (Å²) in [6, 6.07) is 0. The normalized spacial score (nSPS) is 24.4. The van der Waals surface area contributed by atoms with Gasteiger partial charge in [0.2, 0.25) is 0 Å². The van der Waals surface area contributed by atoms with E-state index in [2.05, 4.69) is 6.92 Å². The van der Waals surface area contributed by atoms with Crippen LogP contribution in [0.2, 0.25) is 0 Å². The SMILES string of the molecule is CCCCCCCCCCCCCCOCC1OCC(O)C1O. The van der Waals surface area contributed by atoms with E-state index >= 15 is 0 Å². The van der Waals surface area contributed by atoms with Crippen molar-refractivity contribution in [3.8, 4) is 0 Å². The van der Waals surface area contributed by atoms with Gasteiger partial charge in [0.1, 0.15) is 18.3 Å². The van der Waals surface area contributed by atoms with Gasteiger partial charge in [-0.2, -0.15) is 0 Å². The molecule has 1 fully saturated rings. The largest absolute Gasteiger partial charge is 0.388 e. The fraction of sp³-hybridized carbons (Fsp3) is 1.00. The number of ether oxygens (including phenoxy) is 2. The Morgan fingerprint density at radius 3 is 1.83 bits per heavy atom. The Morgan fingerprint density at radius 1 is 0.826 bits per heavy atom. The molecule has 4 nitrogen and oxygen atoms in total. The molecule has 3 unspecified atom stereocenters. The fourth-order valence-electron chi connectivity index (χ4n) is 3.06. The van der Waals surface area contributed by atoms with Crippen molar-refractivity contribution in [1.29, 1.82) is 0 Å².